The Kier molecular flexibility index (Phi) is 4.21. The zero-order valence-electron chi connectivity index (χ0n) is 12.5. The molecule has 1 saturated heterocycles. The summed E-state index contributed by atoms with van der Waals surface area (Å²) in [6.45, 7) is 5.74. The summed E-state index contributed by atoms with van der Waals surface area (Å²) in [7, 11) is 0. The molecule has 7 heteroatoms. The molecule has 21 heavy (non-hydrogen) atoms. The van der Waals surface area contributed by atoms with Gasteiger partial charge in [-0.1, -0.05) is 5.16 Å². The number of carbonyl (C=O) groups excluding carboxylic acids is 1. The first-order chi connectivity index (χ1) is 10.1. The molecule has 0 aromatic carbocycles. The Bertz CT molecular complexity index is 495. The van der Waals surface area contributed by atoms with Crippen LogP contribution in [-0.4, -0.2) is 58.1 Å². The van der Waals surface area contributed by atoms with Gasteiger partial charge in [-0.25, -0.2) is 0 Å². The van der Waals surface area contributed by atoms with E-state index in [1.807, 2.05) is 11.8 Å². The Balaban J connectivity index is 1.47. The van der Waals surface area contributed by atoms with Crippen LogP contribution in [-0.2, 0) is 11.3 Å². The monoisotopic (exact) mass is 293 g/mol. The second-order valence-corrected chi connectivity index (χ2v) is 6.11. The van der Waals surface area contributed by atoms with E-state index in [9.17, 15) is 4.79 Å². The summed E-state index contributed by atoms with van der Waals surface area (Å²) >= 11 is 0. The lowest BCUT2D eigenvalue weighted by atomic mass is 10.1. The van der Waals surface area contributed by atoms with Crippen molar-refractivity contribution in [2.24, 2.45) is 11.7 Å². The molecule has 0 unspecified atom stereocenters. The summed E-state index contributed by atoms with van der Waals surface area (Å²) in [5.41, 5.74) is 5.90. The van der Waals surface area contributed by atoms with Crippen molar-refractivity contribution in [3.63, 3.8) is 0 Å². The summed E-state index contributed by atoms with van der Waals surface area (Å²) < 4.78 is 5.14. The Morgan fingerprint density at radius 2 is 2.10 bits per heavy atom. The van der Waals surface area contributed by atoms with Gasteiger partial charge in [0, 0.05) is 38.1 Å². The highest BCUT2D eigenvalue weighted by atomic mass is 16.5. The molecule has 0 spiro atoms. The fourth-order valence-corrected chi connectivity index (χ4v) is 3.22. The highest BCUT2D eigenvalue weighted by Gasteiger charge is 2.32. The summed E-state index contributed by atoms with van der Waals surface area (Å²) in [5, 5.41) is 3.80. The van der Waals surface area contributed by atoms with Crippen molar-refractivity contribution >= 4 is 5.91 Å². The molecule has 116 valence electrons. The van der Waals surface area contributed by atoms with E-state index in [4.69, 9.17) is 10.3 Å². The molecule has 2 fully saturated rings. The van der Waals surface area contributed by atoms with Crippen LogP contribution in [0.15, 0.2) is 4.52 Å². The van der Waals surface area contributed by atoms with Crippen LogP contribution in [0.2, 0.25) is 0 Å². The van der Waals surface area contributed by atoms with E-state index in [2.05, 4.69) is 15.0 Å². The summed E-state index contributed by atoms with van der Waals surface area (Å²) in [6.07, 6.45) is 2.77. The maximum atomic E-state index is 12.4. The van der Waals surface area contributed by atoms with Crippen molar-refractivity contribution in [2.75, 3.05) is 26.2 Å². The molecule has 2 N–H and O–H groups in total. The standard InChI is InChI=1S/C14H23N5O2/c1-10-16-13(21-17-10)9-18-4-6-19(7-5-18)14(20)11-2-3-12(15)8-11/h11-12H,2-9,15H2,1H3/t11-,12+/m0/s1. The Hall–Kier alpha value is -1.47. The second kappa shape index (κ2) is 6.11. The molecule has 1 saturated carbocycles. The first kappa shape index (κ1) is 14.5. The van der Waals surface area contributed by atoms with Crippen LogP contribution in [0.4, 0.5) is 0 Å². The zero-order valence-corrected chi connectivity index (χ0v) is 12.5. The predicted molar refractivity (Wildman–Crippen MR) is 76.2 cm³/mol. The van der Waals surface area contributed by atoms with E-state index in [0.717, 1.165) is 45.4 Å². The smallest absolute Gasteiger partial charge is 0.240 e. The molecule has 1 amide bonds. The van der Waals surface area contributed by atoms with Gasteiger partial charge in [0.1, 0.15) is 0 Å². The Morgan fingerprint density at radius 1 is 1.33 bits per heavy atom. The molecule has 1 aromatic rings. The van der Waals surface area contributed by atoms with E-state index >= 15 is 0 Å². The average molecular weight is 293 g/mol. The second-order valence-electron chi connectivity index (χ2n) is 6.11. The third kappa shape index (κ3) is 3.41. The summed E-state index contributed by atoms with van der Waals surface area (Å²) in [5.74, 6) is 1.74. The lowest BCUT2D eigenvalue weighted by Gasteiger charge is -2.35. The number of nitrogens with zero attached hydrogens (tertiary/aromatic N) is 4. The topological polar surface area (TPSA) is 88.5 Å². The molecule has 2 aliphatic rings. The quantitative estimate of drug-likeness (QED) is 0.853. The number of hydrogen-bond acceptors (Lipinski definition) is 6. The van der Waals surface area contributed by atoms with E-state index in [1.165, 1.54) is 0 Å². The van der Waals surface area contributed by atoms with Crippen LogP contribution in [0, 0.1) is 12.8 Å². The average Bonchev–Trinajstić information content (AvgIpc) is 3.08. The fraction of sp³-hybridized carbons (Fsp3) is 0.786. The van der Waals surface area contributed by atoms with Crippen molar-refractivity contribution < 1.29 is 9.32 Å². The zero-order chi connectivity index (χ0) is 14.8. The van der Waals surface area contributed by atoms with E-state index < -0.39 is 0 Å². The molecule has 1 aromatic heterocycles. The van der Waals surface area contributed by atoms with Crippen molar-refractivity contribution in [1.82, 2.24) is 19.9 Å². The maximum absolute atomic E-state index is 12.4. The fourth-order valence-electron chi connectivity index (χ4n) is 3.22. The Morgan fingerprint density at radius 3 is 2.67 bits per heavy atom. The third-order valence-corrected chi connectivity index (χ3v) is 4.43. The minimum Gasteiger partial charge on any atom is -0.340 e. The van der Waals surface area contributed by atoms with Crippen molar-refractivity contribution in [3.05, 3.63) is 11.7 Å². The van der Waals surface area contributed by atoms with E-state index in [1.54, 1.807) is 0 Å². The molecule has 1 aliphatic heterocycles. The van der Waals surface area contributed by atoms with Gasteiger partial charge in [-0.2, -0.15) is 4.98 Å². The highest BCUT2D eigenvalue weighted by Crippen LogP contribution is 2.26. The minimum absolute atomic E-state index is 0.144. The maximum Gasteiger partial charge on any atom is 0.240 e. The lowest BCUT2D eigenvalue weighted by Crippen LogP contribution is -2.49. The number of aromatic nitrogens is 2. The highest BCUT2D eigenvalue weighted by molar-refractivity contribution is 5.79. The molecule has 0 radical (unpaired) electrons. The molecule has 2 atom stereocenters. The minimum atomic E-state index is 0.144. The van der Waals surface area contributed by atoms with Gasteiger partial charge in [-0.05, 0) is 26.2 Å². The molecule has 1 aliphatic carbocycles. The van der Waals surface area contributed by atoms with Crippen LogP contribution in [0.5, 0.6) is 0 Å². The number of hydrogen-bond donors (Lipinski definition) is 1. The Labute approximate surface area is 124 Å². The number of piperazine rings is 1. The number of amides is 1. The van der Waals surface area contributed by atoms with Gasteiger partial charge in [0.25, 0.3) is 0 Å². The van der Waals surface area contributed by atoms with Gasteiger partial charge in [0.2, 0.25) is 11.8 Å². The van der Waals surface area contributed by atoms with Crippen LogP contribution in [0.25, 0.3) is 0 Å². The van der Waals surface area contributed by atoms with Gasteiger partial charge >= 0.3 is 0 Å². The molecular weight excluding hydrogens is 270 g/mol. The van der Waals surface area contributed by atoms with Gasteiger partial charge in [-0.15, -0.1) is 0 Å². The van der Waals surface area contributed by atoms with Gasteiger partial charge in [-0.3, -0.25) is 9.69 Å². The molecular formula is C14H23N5O2. The van der Waals surface area contributed by atoms with E-state index in [-0.39, 0.29) is 17.9 Å². The molecule has 3 rings (SSSR count). The van der Waals surface area contributed by atoms with Crippen molar-refractivity contribution in [1.29, 1.82) is 0 Å². The van der Waals surface area contributed by atoms with Crippen LogP contribution in [0.3, 0.4) is 0 Å². The lowest BCUT2D eigenvalue weighted by molar-refractivity contribution is -0.137. The summed E-state index contributed by atoms with van der Waals surface area (Å²) in [6, 6.07) is 0.209. The first-order valence-electron chi connectivity index (χ1n) is 7.67. The van der Waals surface area contributed by atoms with Gasteiger partial charge < -0.3 is 15.2 Å². The van der Waals surface area contributed by atoms with Crippen LogP contribution in [0.1, 0.15) is 31.0 Å². The molecule has 7 nitrogen and oxygen atoms in total. The molecule has 0 bridgehead atoms. The van der Waals surface area contributed by atoms with E-state index in [0.29, 0.717) is 18.3 Å². The number of rotatable bonds is 3. The van der Waals surface area contributed by atoms with Crippen LogP contribution < -0.4 is 5.73 Å². The van der Waals surface area contributed by atoms with Crippen molar-refractivity contribution in [2.45, 2.75) is 38.8 Å². The van der Waals surface area contributed by atoms with Gasteiger partial charge in [0.05, 0.1) is 6.54 Å². The number of aryl methyl sites for hydroxylation is 1. The third-order valence-electron chi connectivity index (χ3n) is 4.43. The normalized spacial score (nSPS) is 27.2. The van der Waals surface area contributed by atoms with Crippen LogP contribution >= 0.6 is 0 Å². The first-order valence-corrected chi connectivity index (χ1v) is 7.67. The largest absolute Gasteiger partial charge is 0.340 e. The number of carbonyl (C=O) groups is 1. The SMILES string of the molecule is Cc1noc(CN2CCN(C(=O)[C@H]3CC[C@@H](N)C3)CC2)n1. The van der Waals surface area contributed by atoms with Crippen molar-refractivity contribution in [3.8, 4) is 0 Å². The summed E-state index contributed by atoms with van der Waals surface area (Å²) in [4.78, 5) is 20.9. The molecule has 2 heterocycles. The number of nitrogens with two attached hydrogens (primary N) is 1. The predicted octanol–water partition coefficient (Wildman–Crippen LogP) is 0.150. The van der Waals surface area contributed by atoms with Gasteiger partial charge in [0.15, 0.2) is 5.82 Å².